The van der Waals surface area contributed by atoms with Crippen LogP contribution >= 0.6 is 45.6 Å². The maximum absolute atomic E-state index is 11.3. The van der Waals surface area contributed by atoms with Gasteiger partial charge >= 0.3 is 0 Å². The molecular formula is C12H48N10O18P6-6. The van der Waals surface area contributed by atoms with Gasteiger partial charge in [0.1, 0.15) is 0 Å². The molecule has 0 aromatic carbocycles. The van der Waals surface area contributed by atoms with Crippen molar-refractivity contribution in [3.8, 4) is 0 Å². The molecule has 28 nitrogen and oxygen atoms in total. The van der Waals surface area contributed by atoms with Crippen LogP contribution in [-0.4, -0.2) is 96.6 Å². The molecule has 0 radical (unpaired) electrons. The van der Waals surface area contributed by atoms with Gasteiger partial charge in [0.05, 0.1) is 0 Å². The summed E-state index contributed by atoms with van der Waals surface area (Å²) in [7, 11) is -32.5. The first-order valence-corrected chi connectivity index (χ1v) is 20.8. The van der Waals surface area contributed by atoms with Crippen molar-refractivity contribution < 1.29 is 86.1 Å². The second kappa shape index (κ2) is 24.6. The fourth-order valence-electron chi connectivity index (χ4n) is 3.20. The zero-order chi connectivity index (χ0) is 31.8. The van der Waals surface area contributed by atoms with Crippen molar-refractivity contribution in [1.82, 2.24) is 56.5 Å². The monoisotopic (exact) mass is 806 g/mol. The Labute approximate surface area is 265 Å². The van der Waals surface area contributed by atoms with Crippen molar-refractivity contribution in [2.75, 3.05) is 77.0 Å². The maximum Gasteiger partial charge on any atom is 0.0264 e. The first-order chi connectivity index (χ1) is 17.5. The van der Waals surface area contributed by atoms with Crippen LogP contribution in [0.1, 0.15) is 0 Å². The van der Waals surface area contributed by atoms with Crippen LogP contribution in [0.4, 0.5) is 0 Å². The number of nitrogens with zero attached hydrogens (tertiary/aromatic N) is 4. The van der Waals surface area contributed by atoms with E-state index in [0.29, 0.717) is 19.6 Å². The van der Waals surface area contributed by atoms with Crippen molar-refractivity contribution >= 4 is 45.6 Å². The Balaban J connectivity index is -0.000000507. The van der Waals surface area contributed by atoms with Gasteiger partial charge in [-0.05, 0) is 0 Å². The zero-order valence-corrected chi connectivity index (χ0v) is 31.7. The van der Waals surface area contributed by atoms with Crippen LogP contribution in [-0.2, 0) is 27.4 Å². The van der Waals surface area contributed by atoms with Gasteiger partial charge in [0, 0.05) is 77.0 Å². The van der Waals surface area contributed by atoms with Gasteiger partial charge in [0.25, 0.3) is 0 Å². The molecule has 0 fully saturated rings. The van der Waals surface area contributed by atoms with Crippen molar-refractivity contribution in [1.29, 1.82) is 0 Å². The number of hydrogen-bond donors (Lipinski definition) is 6. The molecule has 0 saturated carbocycles. The lowest BCUT2D eigenvalue weighted by molar-refractivity contribution is -0.321. The summed E-state index contributed by atoms with van der Waals surface area (Å²) in [5.74, 6) is 0. The van der Waals surface area contributed by atoms with Crippen LogP contribution < -0.4 is 95.6 Å². The number of rotatable bonds is 21. The van der Waals surface area contributed by atoms with E-state index >= 15 is 0 Å². The predicted molar refractivity (Wildman–Crippen MR) is 147 cm³/mol. The van der Waals surface area contributed by atoms with Crippen molar-refractivity contribution in [2.45, 2.75) is 0 Å². The average molecular weight is 806 g/mol. The Hall–Kier alpha value is 0.500. The summed E-state index contributed by atoms with van der Waals surface area (Å²) in [6.45, 7) is -4.20. The summed E-state index contributed by atoms with van der Waals surface area (Å²) in [5, 5.41) is 0. The van der Waals surface area contributed by atoms with E-state index in [1.165, 1.54) is 0 Å². The molecule has 0 aliphatic heterocycles. The molecule has 0 saturated heterocycles. The molecule has 0 rings (SSSR count). The van der Waals surface area contributed by atoms with Gasteiger partial charge in [-0.2, -0.15) is 0 Å². The third-order valence-electron chi connectivity index (χ3n) is 4.44. The third kappa shape index (κ3) is 40.7. The van der Waals surface area contributed by atoms with Gasteiger partial charge in [-0.25, -0.2) is 0 Å². The van der Waals surface area contributed by atoms with Gasteiger partial charge < -0.3 is 123 Å². The highest BCUT2D eigenvalue weighted by Crippen LogP contribution is 2.32. The van der Waals surface area contributed by atoms with Crippen LogP contribution in [0.5, 0.6) is 0 Å². The van der Waals surface area contributed by atoms with Crippen molar-refractivity contribution in [3.63, 3.8) is 0 Å². The largest absolute Gasteiger partial charge is 0.810 e. The molecule has 0 heterocycles. The van der Waals surface area contributed by atoms with Gasteiger partial charge in [-0.1, -0.05) is 45.6 Å². The lowest BCUT2D eigenvalue weighted by atomic mass is 10.4. The molecule has 0 amide bonds. The normalized spacial score (nSPS) is 12.8. The summed E-state index contributed by atoms with van der Waals surface area (Å²) >= 11 is 0. The number of quaternary nitrogens is 6. The van der Waals surface area contributed by atoms with E-state index in [2.05, 4.69) is 0 Å². The van der Waals surface area contributed by atoms with E-state index < -0.39 is 123 Å². The molecule has 0 unspecified atom stereocenters. The van der Waals surface area contributed by atoms with Gasteiger partial charge in [0.15, 0.2) is 0 Å². The Kier molecular flexibility index (Phi) is 33.0. The fourth-order valence-corrected chi connectivity index (χ4v) is 7.98. The van der Waals surface area contributed by atoms with Crippen LogP contribution in [0.3, 0.4) is 0 Å². The van der Waals surface area contributed by atoms with Crippen molar-refractivity contribution in [2.24, 2.45) is 0 Å². The van der Waals surface area contributed by atoms with Crippen molar-refractivity contribution in [3.05, 3.63) is 0 Å². The van der Waals surface area contributed by atoms with E-state index in [1.807, 2.05) is 0 Å². The third-order valence-corrected chi connectivity index (χ3v) is 8.92. The average Bonchev–Trinajstić information content (AvgIpc) is 2.60. The lowest BCUT2D eigenvalue weighted by Crippen LogP contribution is -2.46. The second-order valence-corrected chi connectivity index (χ2v) is 17.6. The molecule has 290 valence electrons. The SMILES string of the molecule is O=P([O-])([O-])CN(CCN(CCN(CP(=O)([O-])[O-])CP(=O)([O-])[O-])CP(=O)([O-])[O-])CCN(CP(=O)([O-])[O-])CP(=O)([O-])[O-].[NH4+].[NH4+].[NH4+].[NH4+].[NH4+].[NH4+]. The molecular weight excluding hydrogens is 758 g/mol. The van der Waals surface area contributed by atoms with Crippen LogP contribution in [0.15, 0.2) is 0 Å². The summed E-state index contributed by atoms with van der Waals surface area (Å²) in [5.41, 5.74) is 0. The van der Waals surface area contributed by atoms with Crippen LogP contribution in [0.2, 0.25) is 0 Å². The highest BCUT2D eigenvalue weighted by Gasteiger charge is 2.17. The lowest BCUT2D eigenvalue weighted by Gasteiger charge is -2.43. The zero-order valence-electron chi connectivity index (χ0n) is 26.3. The summed E-state index contributed by atoms with van der Waals surface area (Å²) < 4.78 is 66.7. The second-order valence-electron chi connectivity index (χ2n) is 8.54. The van der Waals surface area contributed by atoms with E-state index in [-0.39, 0.29) is 36.9 Å². The van der Waals surface area contributed by atoms with Gasteiger partial charge in [-0.15, -0.1) is 0 Å². The van der Waals surface area contributed by atoms with E-state index in [9.17, 15) is 86.1 Å². The molecule has 24 N–H and O–H groups in total. The number of hydrogen-bond acceptors (Lipinski definition) is 22. The van der Waals surface area contributed by atoms with E-state index in [0.717, 1.165) is 0 Å². The summed E-state index contributed by atoms with van der Waals surface area (Å²) in [6, 6.07) is 0. The summed E-state index contributed by atoms with van der Waals surface area (Å²) in [4.78, 5) is 135. The first kappa shape index (κ1) is 61.7. The molecule has 34 heteroatoms. The molecule has 0 aromatic heterocycles. The van der Waals surface area contributed by atoms with Gasteiger partial charge in [0.2, 0.25) is 0 Å². The minimum Gasteiger partial charge on any atom is -0.810 e. The minimum absolute atomic E-state index is 0. The maximum atomic E-state index is 11.3. The standard InChI is InChI=1S/C12H36N4O18P6.6H3N/c17-35(18,19)7-13(3-5-15(9-37(23,24)25)10-38(26,27)28)1-2-14(8-36(20,21)22)4-6-16(11-39(29,30)31)12-40(32,33)34;;;;;;/h1-12H2,(H2,17,18,19)(H2,20,21,22)(H2,23,24,25)(H2,26,27,28)(H2,29,30,31)(H2,32,33,34);6*1H3/p-6. The molecule has 0 aliphatic carbocycles. The predicted octanol–water partition coefficient (Wildman–Crippen LogP) is -8.32. The topological polar surface area (TPSA) is 611 Å². The van der Waals surface area contributed by atoms with E-state index in [4.69, 9.17) is 0 Å². The van der Waals surface area contributed by atoms with Crippen LogP contribution in [0.25, 0.3) is 0 Å². The Morgan fingerprint density at radius 3 is 0.500 bits per heavy atom. The quantitative estimate of drug-likeness (QED) is 0.0586. The molecule has 0 atom stereocenters. The molecule has 0 bridgehead atoms. The molecule has 0 aliphatic rings. The Bertz CT molecular complexity index is 957. The molecule has 46 heavy (non-hydrogen) atoms. The molecule has 0 aromatic rings. The highest BCUT2D eigenvalue weighted by atomic mass is 31.2. The Morgan fingerprint density at radius 1 is 0.261 bits per heavy atom. The Morgan fingerprint density at radius 2 is 0.370 bits per heavy atom. The van der Waals surface area contributed by atoms with Crippen LogP contribution in [0, 0.1) is 0 Å². The van der Waals surface area contributed by atoms with E-state index in [1.54, 1.807) is 0 Å². The fraction of sp³-hybridized carbons (Fsp3) is 1.00. The highest BCUT2D eigenvalue weighted by molar-refractivity contribution is 7.50. The summed E-state index contributed by atoms with van der Waals surface area (Å²) in [6.07, 6.45) is -8.51. The smallest absolute Gasteiger partial charge is 0.0264 e. The minimum atomic E-state index is -5.42. The molecule has 0 spiro atoms. The van der Waals surface area contributed by atoms with Gasteiger partial charge in [-0.3, -0.25) is 19.6 Å². The first-order valence-electron chi connectivity index (χ1n) is 10.5.